The maximum absolute atomic E-state index is 12.1. The van der Waals surface area contributed by atoms with Gasteiger partial charge in [0.05, 0.1) is 14.9 Å². The molecule has 1 fully saturated rings. The number of hydrogen-bond acceptors (Lipinski definition) is 4. The van der Waals surface area contributed by atoms with Gasteiger partial charge in [0.25, 0.3) is 0 Å². The lowest BCUT2D eigenvalue weighted by Crippen LogP contribution is -2.39. The van der Waals surface area contributed by atoms with E-state index in [-0.39, 0.29) is 11.7 Å². The summed E-state index contributed by atoms with van der Waals surface area (Å²) in [6, 6.07) is 3.68. The maximum atomic E-state index is 12.1. The van der Waals surface area contributed by atoms with E-state index < -0.39 is 10.0 Å². The third-order valence-corrected chi connectivity index (χ3v) is 6.21. The first-order valence-corrected chi connectivity index (χ1v) is 9.55. The summed E-state index contributed by atoms with van der Waals surface area (Å²) in [5, 5.41) is 0. The third-order valence-electron chi connectivity index (χ3n) is 3.27. The highest BCUT2D eigenvalue weighted by Crippen LogP contribution is 2.27. The SMILES string of the molecule is CS(=O)(=O)N1CCCC(CC(=O)c2ccc(Br)s2)C1. The zero-order valence-corrected chi connectivity index (χ0v) is 13.9. The number of piperidine rings is 1. The minimum atomic E-state index is -3.14. The molecule has 19 heavy (non-hydrogen) atoms. The zero-order chi connectivity index (χ0) is 14.0. The van der Waals surface area contributed by atoms with E-state index in [1.807, 2.05) is 12.1 Å². The van der Waals surface area contributed by atoms with Crippen molar-refractivity contribution in [3.8, 4) is 0 Å². The van der Waals surface area contributed by atoms with Gasteiger partial charge in [0.15, 0.2) is 5.78 Å². The molecule has 0 amide bonds. The second kappa shape index (κ2) is 6.03. The Morgan fingerprint density at radius 2 is 2.26 bits per heavy atom. The van der Waals surface area contributed by atoms with Crippen molar-refractivity contribution in [1.82, 2.24) is 4.31 Å². The van der Waals surface area contributed by atoms with Gasteiger partial charge in [0.2, 0.25) is 10.0 Å². The molecule has 0 N–H and O–H groups in total. The molecule has 1 unspecified atom stereocenters. The topological polar surface area (TPSA) is 54.5 Å². The van der Waals surface area contributed by atoms with Crippen LogP contribution >= 0.6 is 27.3 Å². The Bertz CT molecular complexity index is 567. The summed E-state index contributed by atoms with van der Waals surface area (Å²) in [5.41, 5.74) is 0. The predicted octanol–water partition coefficient (Wildman–Crippen LogP) is 2.76. The predicted molar refractivity (Wildman–Crippen MR) is 80.1 cm³/mol. The number of Topliss-reactive ketones (excluding diaryl/α,β-unsaturated/α-hetero) is 1. The molecular weight excluding hydrogens is 350 g/mol. The summed E-state index contributed by atoms with van der Waals surface area (Å²) in [5.74, 6) is 0.243. The van der Waals surface area contributed by atoms with Gasteiger partial charge in [-0.2, -0.15) is 0 Å². The van der Waals surface area contributed by atoms with E-state index >= 15 is 0 Å². The molecule has 0 spiro atoms. The lowest BCUT2D eigenvalue weighted by atomic mass is 9.94. The third kappa shape index (κ3) is 4.11. The van der Waals surface area contributed by atoms with Crippen molar-refractivity contribution in [3.05, 3.63) is 20.8 Å². The minimum absolute atomic E-state index is 0.107. The Morgan fingerprint density at radius 1 is 1.53 bits per heavy atom. The van der Waals surface area contributed by atoms with Gasteiger partial charge < -0.3 is 0 Å². The molecule has 1 aromatic rings. The van der Waals surface area contributed by atoms with Crippen LogP contribution in [0.1, 0.15) is 28.9 Å². The van der Waals surface area contributed by atoms with E-state index in [4.69, 9.17) is 0 Å². The van der Waals surface area contributed by atoms with Crippen molar-refractivity contribution in [3.63, 3.8) is 0 Å². The van der Waals surface area contributed by atoms with Gasteiger partial charge in [-0.05, 0) is 46.8 Å². The van der Waals surface area contributed by atoms with Crippen LogP contribution in [-0.2, 0) is 10.0 Å². The summed E-state index contributed by atoms with van der Waals surface area (Å²) in [7, 11) is -3.14. The molecular formula is C12H16BrNO3S2. The van der Waals surface area contributed by atoms with Crippen LogP contribution in [0.25, 0.3) is 0 Å². The minimum Gasteiger partial charge on any atom is -0.293 e. The molecule has 0 aliphatic carbocycles. The molecule has 1 saturated heterocycles. The van der Waals surface area contributed by atoms with E-state index in [9.17, 15) is 13.2 Å². The number of thiophene rings is 1. The highest BCUT2D eigenvalue weighted by Gasteiger charge is 2.27. The second-order valence-corrected chi connectivity index (χ2v) is 9.31. The second-order valence-electron chi connectivity index (χ2n) is 4.86. The number of nitrogens with zero attached hydrogens (tertiary/aromatic N) is 1. The monoisotopic (exact) mass is 365 g/mol. The maximum Gasteiger partial charge on any atom is 0.211 e. The standard InChI is InChI=1S/C12H16BrNO3S2/c1-19(16,17)14-6-2-3-9(8-14)7-10(15)11-4-5-12(13)18-11/h4-5,9H,2-3,6-8H2,1H3. The lowest BCUT2D eigenvalue weighted by Gasteiger charge is -2.30. The summed E-state index contributed by atoms with van der Waals surface area (Å²) in [6.45, 7) is 1.05. The van der Waals surface area contributed by atoms with Crippen molar-refractivity contribution in [1.29, 1.82) is 0 Å². The lowest BCUT2D eigenvalue weighted by molar-refractivity contribution is 0.0946. The average molecular weight is 366 g/mol. The molecule has 0 bridgehead atoms. The smallest absolute Gasteiger partial charge is 0.211 e. The number of rotatable bonds is 4. The number of ketones is 1. The first kappa shape index (κ1) is 15.2. The Morgan fingerprint density at radius 3 is 2.84 bits per heavy atom. The highest BCUT2D eigenvalue weighted by molar-refractivity contribution is 9.11. The molecule has 4 nitrogen and oxygen atoms in total. The van der Waals surface area contributed by atoms with Gasteiger partial charge in [-0.1, -0.05) is 0 Å². The Balaban J connectivity index is 1.98. The van der Waals surface area contributed by atoms with Crippen molar-refractivity contribution < 1.29 is 13.2 Å². The fourth-order valence-electron chi connectivity index (χ4n) is 2.32. The molecule has 2 heterocycles. The largest absolute Gasteiger partial charge is 0.293 e. The van der Waals surface area contributed by atoms with E-state index in [1.54, 1.807) is 0 Å². The molecule has 1 atom stereocenters. The first-order chi connectivity index (χ1) is 8.86. The van der Waals surface area contributed by atoms with Crippen LogP contribution in [-0.4, -0.2) is 37.9 Å². The van der Waals surface area contributed by atoms with Crippen molar-refractivity contribution in [2.24, 2.45) is 5.92 Å². The number of carbonyl (C=O) groups is 1. The van der Waals surface area contributed by atoms with Crippen LogP contribution < -0.4 is 0 Å². The summed E-state index contributed by atoms with van der Waals surface area (Å²) in [4.78, 5) is 12.8. The summed E-state index contributed by atoms with van der Waals surface area (Å²) >= 11 is 4.77. The fraction of sp³-hybridized carbons (Fsp3) is 0.583. The fourth-order valence-corrected chi connectivity index (χ4v) is 4.60. The number of hydrogen-bond donors (Lipinski definition) is 0. The molecule has 1 aliphatic heterocycles. The molecule has 0 saturated carbocycles. The summed E-state index contributed by atoms with van der Waals surface area (Å²) < 4.78 is 25.5. The van der Waals surface area contributed by atoms with Crippen molar-refractivity contribution in [2.75, 3.05) is 19.3 Å². The Labute approximate surface area is 126 Å². The van der Waals surface area contributed by atoms with Crippen molar-refractivity contribution in [2.45, 2.75) is 19.3 Å². The highest BCUT2D eigenvalue weighted by atomic mass is 79.9. The molecule has 106 valence electrons. The van der Waals surface area contributed by atoms with Crippen LogP contribution in [0.4, 0.5) is 0 Å². The van der Waals surface area contributed by atoms with E-state index in [0.29, 0.717) is 19.5 Å². The molecule has 1 aliphatic rings. The van der Waals surface area contributed by atoms with Gasteiger partial charge in [0.1, 0.15) is 0 Å². The average Bonchev–Trinajstić information content (AvgIpc) is 2.75. The molecule has 1 aromatic heterocycles. The van der Waals surface area contributed by atoms with Gasteiger partial charge in [-0.15, -0.1) is 11.3 Å². The van der Waals surface area contributed by atoms with Crippen LogP contribution in [0.15, 0.2) is 15.9 Å². The molecule has 0 radical (unpaired) electrons. The normalized spacial score (nSPS) is 21.5. The van der Waals surface area contributed by atoms with Crippen LogP contribution in [0.2, 0.25) is 0 Å². The van der Waals surface area contributed by atoms with Gasteiger partial charge in [0, 0.05) is 19.5 Å². The van der Waals surface area contributed by atoms with E-state index in [2.05, 4.69) is 15.9 Å². The van der Waals surface area contributed by atoms with Gasteiger partial charge in [-0.3, -0.25) is 4.79 Å². The van der Waals surface area contributed by atoms with Crippen LogP contribution in [0.3, 0.4) is 0 Å². The molecule has 7 heteroatoms. The molecule has 0 aromatic carbocycles. The summed E-state index contributed by atoms with van der Waals surface area (Å²) in [6.07, 6.45) is 3.41. The quantitative estimate of drug-likeness (QED) is 0.770. The van der Waals surface area contributed by atoms with E-state index in [0.717, 1.165) is 21.5 Å². The van der Waals surface area contributed by atoms with Crippen molar-refractivity contribution >= 4 is 43.1 Å². The Hall–Kier alpha value is -0.240. The van der Waals surface area contributed by atoms with Gasteiger partial charge >= 0.3 is 0 Å². The molecule has 2 rings (SSSR count). The van der Waals surface area contributed by atoms with Gasteiger partial charge in [-0.25, -0.2) is 12.7 Å². The van der Waals surface area contributed by atoms with E-state index in [1.165, 1.54) is 21.9 Å². The number of carbonyl (C=O) groups excluding carboxylic acids is 1. The number of halogens is 1. The number of sulfonamides is 1. The zero-order valence-electron chi connectivity index (χ0n) is 10.6. The Kier molecular flexibility index (Phi) is 4.81. The van der Waals surface area contributed by atoms with Crippen LogP contribution in [0.5, 0.6) is 0 Å². The first-order valence-electron chi connectivity index (χ1n) is 6.10. The van der Waals surface area contributed by atoms with Crippen LogP contribution in [0, 0.1) is 5.92 Å².